The molecule has 1 aliphatic rings. The maximum Gasteiger partial charge on any atom is 0.0351 e. The summed E-state index contributed by atoms with van der Waals surface area (Å²) >= 11 is 0. The second kappa shape index (κ2) is 3.93. The Morgan fingerprint density at radius 3 is 2.43 bits per heavy atom. The number of hydrogen-bond donors (Lipinski definition) is 0. The van der Waals surface area contributed by atoms with Gasteiger partial charge in [0.1, 0.15) is 0 Å². The molecule has 0 unspecified atom stereocenters. The van der Waals surface area contributed by atoms with Crippen molar-refractivity contribution in [3.8, 4) is 0 Å². The lowest BCUT2D eigenvalue weighted by Crippen LogP contribution is -2.51. The molecule has 1 saturated heterocycles. The fourth-order valence-corrected chi connectivity index (χ4v) is 2.48. The zero-order chi connectivity index (χ0) is 10.9. The van der Waals surface area contributed by atoms with Crippen LogP contribution in [0.3, 0.4) is 0 Å². The molecule has 1 fully saturated rings. The molecule has 0 amide bonds. The Morgan fingerprint density at radius 2 is 1.93 bits per heavy atom. The van der Waals surface area contributed by atoms with Crippen molar-refractivity contribution < 1.29 is 0 Å². The Morgan fingerprint density at radius 1 is 1.36 bits per heavy atom. The average molecular weight is 196 g/mol. The smallest absolute Gasteiger partial charge is 0.0351 e. The SMILES string of the molecule is C=C1CCN(C(C)C)C(C)(C)CN1C. The van der Waals surface area contributed by atoms with E-state index < -0.39 is 0 Å². The van der Waals surface area contributed by atoms with Crippen LogP contribution in [0.2, 0.25) is 0 Å². The fraction of sp³-hybridized carbons (Fsp3) is 0.833. The molecule has 1 rings (SSSR count). The lowest BCUT2D eigenvalue weighted by molar-refractivity contribution is 0.0820. The van der Waals surface area contributed by atoms with Gasteiger partial charge in [-0.3, -0.25) is 4.90 Å². The molecular weight excluding hydrogens is 172 g/mol. The number of rotatable bonds is 1. The summed E-state index contributed by atoms with van der Waals surface area (Å²) in [6.07, 6.45) is 1.10. The first-order valence-electron chi connectivity index (χ1n) is 5.50. The van der Waals surface area contributed by atoms with Crippen LogP contribution in [0.5, 0.6) is 0 Å². The lowest BCUT2D eigenvalue weighted by Gasteiger charge is -2.41. The summed E-state index contributed by atoms with van der Waals surface area (Å²) in [7, 11) is 2.15. The van der Waals surface area contributed by atoms with Crippen LogP contribution < -0.4 is 0 Å². The van der Waals surface area contributed by atoms with E-state index in [0.29, 0.717) is 6.04 Å². The fourth-order valence-electron chi connectivity index (χ4n) is 2.48. The van der Waals surface area contributed by atoms with Gasteiger partial charge in [0.25, 0.3) is 0 Å². The first-order valence-corrected chi connectivity index (χ1v) is 5.50. The molecular formula is C12H24N2. The molecule has 2 heteroatoms. The van der Waals surface area contributed by atoms with Crippen molar-refractivity contribution in [1.82, 2.24) is 9.80 Å². The summed E-state index contributed by atoms with van der Waals surface area (Å²) in [5.41, 5.74) is 1.52. The largest absolute Gasteiger partial charge is 0.376 e. The van der Waals surface area contributed by atoms with Crippen LogP contribution in [0.25, 0.3) is 0 Å². The Hall–Kier alpha value is -0.500. The van der Waals surface area contributed by atoms with Gasteiger partial charge in [0.2, 0.25) is 0 Å². The van der Waals surface area contributed by atoms with Gasteiger partial charge in [-0.1, -0.05) is 6.58 Å². The van der Waals surface area contributed by atoms with E-state index in [0.717, 1.165) is 19.5 Å². The molecule has 0 aliphatic carbocycles. The highest BCUT2D eigenvalue weighted by atomic mass is 15.3. The highest BCUT2D eigenvalue weighted by Crippen LogP contribution is 2.25. The predicted molar refractivity (Wildman–Crippen MR) is 62.3 cm³/mol. The van der Waals surface area contributed by atoms with E-state index in [4.69, 9.17) is 0 Å². The van der Waals surface area contributed by atoms with Gasteiger partial charge in [-0.25, -0.2) is 0 Å². The third-order valence-electron chi connectivity index (χ3n) is 3.21. The first-order chi connectivity index (χ1) is 6.34. The monoisotopic (exact) mass is 196 g/mol. The standard InChI is InChI=1S/C12H24N2/c1-10(2)14-8-7-11(3)13(6)9-12(14,4)5/h10H,3,7-9H2,1-2,4-6H3. The van der Waals surface area contributed by atoms with E-state index in [9.17, 15) is 0 Å². The van der Waals surface area contributed by atoms with Crippen LogP contribution in [0.15, 0.2) is 12.3 Å². The maximum absolute atomic E-state index is 4.11. The van der Waals surface area contributed by atoms with E-state index in [1.54, 1.807) is 0 Å². The zero-order valence-corrected chi connectivity index (χ0v) is 10.3. The molecule has 0 aromatic rings. The van der Waals surface area contributed by atoms with Crippen LogP contribution in [0.4, 0.5) is 0 Å². The second-order valence-electron chi connectivity index (χ2n) is 5.27. The minimum atomic E-state index is 0.252. The molecule has 1 aliphatic heterocycles. The molecule has 0 atom stereocenters. The predicted octanol–water partition coefficient (Wildman–Crippen LogP) is 2.32. The molecule has 14 heavy (non-hydrogen) atoms. The summed E-state index contributed by atoms with van der Waals surface area (Å²) in [5.74, 6) is 0. The van der Waals surface area contributed by atoms with Gasteiger partial charge in [-0.15, -0.1) is 0 Å². The van der Waals surface area contributed by atoms with Crippen molar-refractivity contribution in [2.75, 3.05) is 20.1 Å². The molecule has 1 heterocycles. The Bertz CT molecular complexity index is 218. The summed E-state index contributed by atoms with van der Waals surface area (Å²) < 4.78 is 0. The van der Waals surface area contributed by atoms with Crippen molar-refractivity contribution in [1.29, 1.82) is 0 Å². The molecule has 2 nitrogen and oxygen atoms in total. The maximum atomic E-state index is 4.11. The number of likely N-dealkylation sites (N-methyl/N-ethyl adjacent to an activating group) is 1. The van der Waals surface area contributed by atoms with Crippen molar-refractivity contribution in [2.24, 2.45) is 0 Å². The Labute approximate surface area is 88.6 Å². The molecule has 82 valence electrons. The van der Waals surface area contributed by atoms with Crippen LogP contribution in [-0.2, 0) is 0 Å². The summed E-state index contributed by atoms with van der Waals surface area (Å²) in [4.78, 5) is 4.87. The highest BCUT2D eigenvalue weighted by Gasteiger charge is 2.32. The van der Waals surface area contributed by atoms with Crippen molar-refractivity contribution in [3.05, 3.63) is 12.3 Å². The minimum absolute atomic E-state index is 0.252. The van der Waals surface area contributed by atoms with Gasteiger partial charge in [-0.05, 0) is 34.1 Å². The third-order valence-corrected chi connectivity index (χ3v) is 3.21. The van der Waals surface area contributed by atoms with Crippen LogP contribution >= 0.6 is 0 Å². The van der Waals surface area contributed by atoms with Gasteiger partial charge in [0.15, 0.2) is 0 Å². The average Bonchev–Trinajstić information content (AvgIpc) is 2.09. The first kappa shape index (κ1) is 11.6. The summed E-state index contributed by atoms with van der Waals surface area (Å²) in [5, 5.41) is 0. The summed E-state index contributed by atoms with van der Waals surface area (Å²) in [6.45, 7) is 15.5. The van der Waals surface area contributed by atoms with Crippen LogP contribution in [-0.4, -0.2) is 41.5 Å². The molecule has 0 aromatic heterocycles. The van der Waals surface area contributed by atoms with Gasteiger partial charge in [-0.2, -0.15) is 0 Å². The molecule has 0 aromatic carbocycles. The van der Waals surface area contributed by atoms with E-state index in [1.165, 1.54) is 5.70 Å². The van der Waals surface area contributed by atoms with Crippen LogP contribution in [0.1, 0.15) is 34.1 Å². The minimum Gasteiger partial charge on any atom is -0.376 e. The second-order valence-corrected chi connectivity index (χ2v) is 5.27. The normalized spacial score (nSPS) is 24.1. The Kier molecular flexibility index (Phi) is 3.25. The van der Waals surface area contributed by atoms with E-state index in [-0.39, 0.29) is 5.54 Å². The van der Waals surface area contributed by atoms with Gasteiger partial charge < -0.3 is 4.90 Å². The van der Waals surface area contributed by atoms with Crippen molar-refractivity contribution >= 4 is 0 Å². The third kappa shape index (κ3) is 2.30. The van der Waals surface area contributed by atoms with Crippen molar-refractivity contribution in [2.45, 2.75) is 45.7 Å². The quantitative estimate of drug-likeness (QED) is 0.635. The topological polar surface area (TPSA) is 6.48 Å². The number of nitrogens with zero attached hydrogens (tertiary/aromatic N) is 2. The molecule has 0 bridgehead atoms. The van der Waals surface area contributed by atoms with Gasteiger partial charge in [0, 0.05) is 37.4 Å². The van der Waals surface area contributed by atoms with Crippen LogP contribution in [0, 0.1) is 0 Å². The zero-order valence-electron chi connectivity index (χ0n) is 10.3. The Balaban J connectivity index is 2.83. The van der Waals surface area contributed by atoms with Crippen molar-refractivity contribution in [3.63, 3.8) is 0 Å². The molecule has 0 spiro atoms. The highest BCUT2D eigenvalue weighted by molar-refractivity contribution is 5.02. The van der Waals surface area contributed by atoms with E-state index >= 15 is 0 Å². The van der Waals surface area contributed by atoms with Gasteiger partial charge in [0.05, 0.1) is 0 Å². The number of hydrogen-bond acceptors (Lipinski definition) is 2. The lowest BCUT2D eigenvalue weighted by atomic mass is 10.0. The van der Waals surface area contributed by atoms with Gasteiger partial charge >= 0.3 is 0 Å². The molecule has 0 radical (unpaired) electrons. The molecule has 0 N–H and O–H groups in total. The van der Waals surface area contributed by atoms with E-state index in [1.807, 2.05) is 0 Å². The summed E-state index contributed by atoms with van der Waals surface area (Å²) in [6, 6.07) is 0.615. The molecule has 0 saturated carbocycles. The van der Waals surface area contributed by atoms with E-state index in [2.05, 4.69) is 51.1 Å².